The van der Waals surface area contributed by atoms with Crippen LogP contribution in [0.4, 0.5) is 4.79 Å². The maximum atomic E-state index is 11.5. The van der Waals surface area contributed by atoms with Gasteiger partial charge in [-0.2, -0.15) is 0 Å². The SMILES string of the molecule is CNC(=O)NC(=O)CCN1CC=C(c2ccc(O)cc2)CC1. The Morgan fingerprint density at radius 2 is 2.00 bits per heavy atom. The standard InChI is InChI=1S/C16H21N3O3/c1-17-16(22)18-15(21)8-11-19-9-6-13(7-10-19)12-2-4-14(20)5-3-12/h2-6,20H,7-11H2,1H3,(H2,17,18,21,22). The Morgan fingerprint density at radius 3 is 2.59 bits per heavy atom. The highest BCUT2D eigenvalue weighted by molar-refractivity contribution is 5.94. The molecule has 3 amide bonds. The Morgan fingerprint density at radius 1 is 1.27 bits per heavy atom. The van der Waals surface area contributed by atoms with Crippen molar-refractivity contribution >= 4 is 17.5 Å². The molecule has 0 unspecified atom stereocenters. The predicted molar refractivity (Wildman–Crippen MR) is 84.4 cm³/mol. The molecule has 6 nitrogen and oxygen atoms in total. The molecule has 0 atom stereocenters. The number of imide groups is 1. The third-order valence-electron chi connectivity index (χ3n) is 3.67. The molecule has 118 valence electrons. The first kappa shape index (κ1) is 16.0. The monoisotopic (exact) mass is 303 g/mol. The van der Waals surface area contributed by atoms with Gasteiger partial charge in [0.25, 0.3) is 0 Å². The van der Waals surface area contributed by atoms with Gasteiger partial charge in [0.2, 0.25) is 5.91 Å². The second-order valence-electron chi connectivity index (χ2n) is 5.20. The minimum atomic E-state index is -0.474. The summed E-state index contributed by atoms with van der Waals surface area (Å²) in [6.07, 6.45) is 3.35. The number of carbonyl (C=O) groups is 2. The van der Waals surface area contributed by atoms with Gasteiger partial charge < -0.3 is 10.4 Å². The molecule has 0 bridgehead atoms. The molecule has 0 aromatic heterocycles. The van der Waals surface area contributed by atoms with Crippen molar-refractivity contribution < 1.29 is 14.7 Å². The highest BCUT2D eigenvalue weighted by Gasteiger charge is 2.14. The molecule has 22 heavy (non-hydrogen) atoms. The predicted octanol–water partition coefficient (Wildman–Crippen LogP) is 1.33. The summed E-state index contributed by atoms with van der Waals surface area (Å²) in [5.74, 6) is -0.00317. The summed E-state index contributed by atoms with van der Waals surface area (Å²) in [6, 6.07) is 6.72. The number of hydrogen-bond acceptors (Lipinski definition) is 4. The van der Waals surface area contributed by atoms with Gasteiger partial charge >= 0.3 is 6.03 Å². The van der Waals surface area contributed by atoms with E-state index in [1.54, 1.807) is 12.1 Å². The van der Waals surface area contributed by atoms with Crippen LogP contribution in [0, 0.1) is 0 Å². The van der Waals surface area contributed by atoms with Crippen molar-refractivity contribution in [2.24, 2.45) is 0 Å². The fourth-order valence-corrected chi connectivity index (χ4v) is 2.36. The number of benzene rings is 1. The number of rotatable bonds is 4. The fourth-order valence-electron chi connectivity index (χ4n) is 2.36. The largest absolute Gasteiger partial charge is 0.508 e. The van der Waals surface area contributed by atoms with E-state index in [2.05, 4.69) is 21.6 Å². The number of aromatic hydroxyl groups is 1. The van der Waals surface area contributed by atoms with Crippen molar-refractivity contribution in [1.82, 2.24) is 15.5 Å². The van der Waals surface area contributed by atoms with Crippen LogP contribution >= 0.6 is 0 Å². The summed E-state index contributed by atoms with van der Waals surface area (Å²) < 4.78 is 0. The molecule has 0 saturated carbocycles. The number of nitrogens with one attached hydrogen (secondary N) is 2. The smallest absolute Gasteiger partial charge is 0.321 e. The lowest BCUT2D eigenvalue weighted by molar-refractivity contribution is -0.120. The van der Waals surface area contributed by atoms with Gasteiger partial charge in [-0.1, -0.05) is 18.2 Å². The highest BCUT2D eigenvalue weighted by atomic mass is 16.3. The molecule has 3 N–H and O–H groups in total. The van der Waals surface area contributed by atoms with Gasteiger partial charge in [0.1, 0.15) is 5.75 Å². The maximum Gasteiger partial charge on any atom is 0.321 e. The van der Waals surface area contributed by atoms with Crippen molar-refractivity contribution in [3.05, 3.63) is 35.9 Å². The zero-order chi connectivity index (χ0) is 15.9. The van der Waals surface area contributed by atoms with E-state index in [0.29, 0.717) is 13.0 Å². The molecule has 0 spiro atoms. The van der Waals surface area contributed by atoms with Crippen LogP contribution in [0.15, 0.2) is 30.3 Å². The van der Waals surface area contributed by atoms with Crippen molar-refractivity contribution in [3.63, 3.8) is 0 Å². The van der Waals surface area contributed by atoms with Gasteiger partial charge in [-0.15, -0.1) is 0 Å². The first-order valence-electron chi connectivity index (χ1n) is 7.31. The average Bonchev–Trinajstić information content (AvgIpc) is 2.54. The number of phenolic OH excluding ortho intramolecular Hbond substituents is 1. The van der Waals surface area contributed by atoms with Gasteiger partial charge in [-0.25, -0.2) is 4.79 Å². The summed E-state index contributed by atoms with van der Waals surface area (Å²) in [7, 11) is 1.48. The molecule has 1 aromatic rings. The topological polar surface area (TPSA) is 81.7 Å². The Balaban J connectivity index is 1.80. The minimum absolute atomic E-state index is 0.268. The van der Waals surface area contributed by atoms with Crippen LogP contribution in [-0.2, 0) is 4.79 Å². The molecule has 0 saturated heterocycles. The van der Waals surface area contributed by atoms with E-state index in [1.165, 1.54) is 12.6 Å². The number of phenols is 1. The Kier molecular flexibility index (Phi) is 5.55. The zero-order valence-electron chi connectivity index (χ0n) is 12.6. The lowest BCUT2D eigenvalue weighted by Gasteiger charge is -2.26. The molecule has 1 aliphatic rings. The van der Waals surface area contributed by atoms with E-state index >= 15 is 0 Å². The van der Waals surface area contributed by atoms with Crippen LogP contribution in [0.2, 0.25) is 0 Å². The van der Waals surface area contributed by atoms with Crippen LogP contribution in [0.25, 0.3) is 5.57 Å². The second kappa shape index (κ2) is 7.61. The summed E-state index contributed by atoms with van der Waals surface area (Å²) in [6.45, 7) is 2.28. The van der Waals surface area contributed by atoms with Crippen molar-refractivity contribution in [2.75, 3.05) is 26.7 Å². The molecule has 1 heterocycles. The normalized spacial score (nSPS) is 15.0. The lowest BCUT2D eigenvalue weighted by atomic mass is 9.99. The number of nitrogens with zero attached hydrogens (tertiary/aromatic N) is 1. The van der Waals surface area contributed by atoms with E-state index < -0.39 is 6.03 Å². The molecular formula is C16H21N3O3. The highest BCUT2D eigenvalue weighted by Crippen LogP contribution is 2.23. The van der Waals surface area contributed by atoms with Gasteiger partial charge in [-0.3, -0.25) is 15.0 Å². The molecule has 6 heteroatoms. The molecule has 0 radical (unpaired) electrons. The van der Waals surface area contributed by atoms with E-state index in [1.807, 2.05) is 12.1 Å². The second-order valence-corrected chi connectivity index (χ2v) is 5.20. The van der Waals surface area contributed by atoms with Crippen molar-refractivity contribution in [1.29, 1.82) is 0 Å². The number of carbonyl (C=O) groups excluding carboxylic acids is 2. The van der Waals surface area contributed by atoms with Crippen molar-refractivity contribution in [3.8, 4) is 5.75 Å². The van der Waals surface area contributed by atoms with Crippen LogP contribution in [0.5, 0.6) is 5.75 Å². The quantitative estimate of drug-likeness (QED) is 0.784. The molecule has 2 rings (SSSR count). The number of hydrogen-bond donors (Lipinski definition) is 3. The van der Waals surface area contributed by atoms with E-state index in [9.17, 15) is 14.7 Å². The van der Waals surface area contributed by atoms with Gasteiger partial charge in [0.15, 0.2) is 0 Å². The van der Waals surface area contributed by atoms with Crippen molar-refractivity contribution in [2.45, 2.75) is 12.8 Å². The van der Waals surface area contributed by atoms with E-state index in [0.717, 1.165) is 25.1 Å². The Hall–Kier alpha value is -2.34. The summed E-state index contributed by atoms with van der Waals surface area (Å²) >= 11 is 0. The maximum absolute atomic E-state index is 11.5. The lowest BCUT2D eigenvalue weighted by Crippen LogP contribution is -2.39. The van der Waals surface area contributed by atoms with Gasteiger partial charge in [-0.05, 0) is 29.7 Å². The third-order valence-corrected chi connectivity index (χ3v) is 3.67. The molecule has 0 aliphatic carbocycles. The van der Waals surface area contributed by atoms with E-state index in [-0.39, 0.29) is 11.7 Å². The summed E-state index contributed by atoms with van der Waals surface area (Å²) in [5, 5.41) is 13.9. The van der Waals surface area contributed by atoms with Crippen LogP contribution in [-0.4, -0.2) is 48.6 Å². The molecular weight excluding hydrogens is 282 g/mol. The first-order chi connectivity index (χ1) is 10.6. The molecule has 0 fully saturated rings. The number of urea groups is 1. The minimum Gasteiger partial charge on any atom is -0.508 e. The van der Waals surface area contributed by atoms with E-state index in [4.69, 9.17) is 0 Å². The Bertz CT molecular complexity index is 567. The average molecular weight is 303 g/mol. The van der Waals surface area contributed by atoms with Crippen LogP contribution in [0.1, 0.15) is 18.4 Å². The first-order valence-corrected chi connectivity index (χ1v) is 7.31. The molecule has 1 aliphatic heterocycles. The third kappa shape index (κ3) is 4.60. The number of amides is 3. The molecule has 1 aromatic carbocycles. The van der Waals surface area contributed by atoms with Gasteiger partial charge in [0, 0.05) is 33.1 Å². The van der Waals surface area contributed by atoms with Crippen LogP contribution < -0.4 is 10.6 Å². The fraction of sp³-hybridized carbons (Fsp3) is 0.375. The summed E-state index contributed by atoms with van der Waals surface area (Å²) in [5.41, 5.74) is 2.38. The van der Waals surface area contributed by atoms with Gasteiger partial charge in [0.05, 0.1) is 0 Å². The Labute approximate surface area is 129 Å². The van der Waals surface area contributed by atoms with Crippen LogP contribution in [0.3, 0.4) is 0 Å². The summed E-state index contributed by atoms with van der Waals surface area (Å²) in [4.78, 5) is 24.7. The zero-order valence-corrected chi connectivity index (χ0v) is 12.6.